The average molecular weight is 284 g/mol. The van der Waals surface area contributed by atoms with Crippen LogP contribution in [0.4, 0.5) is 0 Å². The first kappa shape index (κ1) is 23.7. The van der Waals surface area contributed by atoms with Crippen LogP contribution < -0.4 is 0 Å². The van der Waals surface area contributed by atoms with Gasteiger partial charge in [-0.15, -0.1) is 13.2 Å². The summed E-state index contributed by atoms with van der Waals surface area (Å²) in [6.07, 6.45) is 12.5. The number of ether oxygens (including phenoxy) is 1. The summed E-state index contributed by atoms with van der Waals surface area (Å²) in [6.45, 7) is 14.6. The number of unbranched alkanes of at least 4 members (excludes halogenated alkanes) is 4. The van der Waals surface area contributed by atoms with Crippen molar-refractivity contribution >= 4 is 5.97 Å². The predicted octanol–water partition coefficient (Wildman–Crippen LogP) is 4.43. The summed E-state index contributed by atoms with van der Waals surface area (Å²) < 4.78 is 4.33. The van der Waals surface area contributed by atoms with Crippen LogP contribution in [-0.4, -0.2) is 24.3 Å². The molecule has 0 aliphatic rings. The highest BCUT2D eigenvalue weighted by atomic mass is 16.5. The van der Waals surface area contributed by atoms with Crippen LogP contribution in [0.15, 0.2) is 38.0 Å². The number of allylic oxidation sites excluding steroid dienone is 2. The van der Waals surface area contributed by atoms with E-state index in [1.165, 1.54) is 38.5 Å². The van der Waals surface area contributed by atoms with Crippen LogP contribution in [0.25, 0.3) is 0 Å². The van der Waals surface area contributed by atoms with Crippen LogP contribution >= 0.6 is 0 Å². The molecule has 1 N–H and O–H groups in total. The van der Waals surface area contributed by atoms with E-state index >= 15 is 0 Å². The number of rotatable bonds is 9. The van der Waals surface area contributed by atoms with Gasteiger partial charge < -0.3 is 9.84 Å². The van der Waals surface area contributed by atoms with E-state index in [1.807, 2.05) is 12.2 Å². The Balaban J connectivity index is -0.000000221. The zero-order valence-electron chi connectivity index (χ0n) is 13.3. The van der Waals surface area contributed by atoms with E-state index in [-0.39, 0.29) is 13.2 Å². The van der Waals surface area contributed by atoms with E-state index in [1.54, 1.807) is 0 Å². The molecule has 0 aromatic rings. The minimum absolute atomic E-state index is 0.0465. The molecule has 0 aromatic carbocycles. The fourth-order valence-electron chi connectivity index (χ4n) is 0.902. The largest absolute Gasteiger partial charge is 0.460 e. The van der Waals surface area contributed by atoms with Gasteiger partial charge in [0.15, 0.2) is 0 Å². The third kappa shape index (κ3) is 36.0. The van der Waals surface area contributed by atoms with Gasteiger partial charge in [0.25, 0.3) is 0 Å². The SMILES string of the molecule is C=CC(=O)OCCO.C=CCCCC.C=CCCCC. The van der Waals surface area contributed by atoms with E-state index < -0.39 is 5.97 Å². The molecule has 0 amide bonds. The average Bonchev–Trinajstić information content (AvgIpc) is 2.49. The zero-order valence-corrected chi connectivity index (χ0v) is 13.3. The first-order valence-electron chi connectivity index (χ1n) is 7.26. The van der Waals surface area contributed by atoms with Crippen LogP contribution in [0.3, 0.4) is 0 Å². The van der Waals surface area contributed by atoms with Gasteiger partial charge in [0.1, 0.15) is 6.61 Å². The first-order valence-corrected chi connectivity index (χ1v) is 7.26. The summed E-state index contributed by atoms with van der Waals surface area (Å²) in [4.78, 5) is 10.1. The number of aliphatic hydroxyl groups excluding tert-OH is 1. The number of carbonyl (C=O) groups is 1. The lowest BCUT2D eigenvalue weighted by atomic mass is 10.3. The lowest BCUT2D eigenvalue weighted by Crippen LogP contribution is -2.04. The van der Waals surface area contributed by atoms with Crippen molar-refractivity contribution in [2.45, 2.75) is 52.4 Å². The Morgan fingerprint density at radius 3 is 1.70 bits per heavy atom. The molecule has 0 saturated carbocycles. The molecule has 20 heavy (non-hydrogen) atoms. The van der Waals surface area contributed by atoms with Crippen molar-refractivity contribution in [3.05, 3.63) is 38.0 Å². The smallest absolute Gasteiger partial charge is 0.330 e. The highest BCUT2D eigenvalue weighted by Crippen LogP contribution is 1.91. The molecule has 0 aliphatic heterocycles. The Bertz CT molecular complexity index is 210. The molecule has 0 spiro atoms. The van der Waals surface area contributed by atoms with Gasteiger partial charge in [-0.2, -0.15) is 0 Å². The summed E-state index contributed by atoms with van der Waals surface area (Å²) in [5.41, 5.74) is 0. The molecule has 0 rings (SSSR count). The molecule has 0 fully saturated rings. The van der Waals surface area contributed by atoms with E-state index in [9.17, 15) is 4.79 Å². The Labute approximate surface area is 125 Å². The van der Waals surface area contributed by atoms with Gasteiger partial charge in [0.2, 0.25) is 0 Å². The molecular formula is C17H32O3. The van der Waals surface area contributed by atoms with Crippen molar-refractivity contribution in [2.75, 3.05) is 13.2 Å². The van der Waals surface area contributed by atoms with Gasteiger partial charge in [-0.3, -0.25) is 0 Å². The van der Waals surface area contributed by atoms with E-state index in [4.69, 9.17) is 5.11 Å². The molecule has 118 valence electrons. The van der Waals surface area contributed by atoms with Gasteiger partial charge in [-0.25, -0.2) is 4.79 Å². The standard InChI is InChI=1S/2C6H12.C5H8O3/c2*1-3-5-6-4-2;1-2-5(7)8-4-3-6/h2*3H,1,4-6H2,2H3;2,6H,1,3-4H2. The summed E-state index contributed by atoms with van der Waals surface area (Å²) in [6, 6.07) is 0. The summed E-state index contributed by atoms with van der Waals surface area (Å²) in [5.74, 6) is -0.501. The fourth-order valence-corrected chi connectivity index (χ4v) is 0.902. The Hall–Kier alpha value is -1.35. The number of carbonyl (C=O) groups excluding carboxylic acids is 1. The van der Waals surface area contributed by atoms with Crippen LogP contribution in [0.1, 0.15) is 52.4 Å². The van der Waals surface area contributed by atoms with E-state index in [0.29, 0.717) is 0 Å². The Morgan fingerprint density at radius 1 is 1.05 bits per heavy atom. The summed E-state index contributed by atoms with van der Waals surface area (Å²) >= 11 is 0. The molecular weight excluding hydrogens is 252 g/mol. The van der Waals surface area contributed by atoms with Crippen molar-refractivity contribution in [1.29, 1.82) is 0 Å². The highest BCUT2D eigenvalue weighted by Gasteiger charge is 1.90. The Morgan fingerprint density at radius 2 is 1.50 bits per heavy atom. The number of hydrogen-bond donors (Lipinski definition) is 1. The van der Waals surface area contributed by atoms with Crippen molar-refractivity contribution in [3.63, 3.8) is 0 Å². The van der Waals surface area contributed by atoms with Crippen LogP contribution in [0.2, 0.25) is 0 Å². The monoisotopic (exact) mass is 284 g/mol. The van der Waals surface area contributed by atoms with Gasteiger partial charge in [-0.05, 0) is 12.8 Å². The maximum absolute atomic E-state index is 10.1. The molecule has 3 nitrogen and oxygen atoms in total. The van der Waals surface area contributed by atoms with Crippen molar-refractivity contribution < 1.29 is 14.6 Å². The predicted molar refractivity (Wildman–Crippen MR) is 87.7 cm³/mol. The lowest BCUT2D eigenvalue weighted by molar-refractivity contribution is -0.138. The number of esters is 1. The number of aliphatic hydroxyl groups is 1. The maximum atomic E-state index is 10.1. The Kier molecular flexibility index (Phi) is 31.1. The molecule has 3 heteroatoms. The van der Waals surface area contributed by atoms with Crippen molar-refractivity contribution in [2.24, 2.45) is 0 Å². The number of hydrogen-bond acceptors (Lipinski definition) is 3. The van der Waals surface area contributed by atoms with Gasteiger partial charge in [0.05, 0.1) is 6.61 Å². The van der Waals surface area contributed by atoms with Gasteiger partial charge in [0, 0.05) is 6.08 Å². The van der Waals surface area contributed by atoms with E-state index in [2.05, 4.69) is 38.3 Å². The molecule has 0 atom stereocenters. The minimum Gasteiger partial charge on any atom is -0.460 e. The van der Waals surface area contributed by atoms with Crippen molar-refractivity contribution in [1.82, 2.24) is 0 Å². The van der Waals surface area contributed by atoms with Gasteiger partial charge in [-0.1, -0.05) is 58.3 Å². The van der Waals surface area contributed by atoms with E-state index in [0.717, 1.165) is 6.08 Å². The third-order valence-electron chi connectivity index (χ3n) is 2.03. The molecule has 0 radical (unpaired) electrons. The fraction of sp³-hybridized carbons (Fsp3) is 0.588. The second-order valence-corrected chi connectivity index (χ2v) is 3.96. The topological polar surface area (TPSA) is 46.5 Å². The quantitative estimate of drug-likeness (QED) is 0.295. The first-order chi connectivity index (χ1) is 9.64. The molecule has 0 bridgehead atoms. The maximum Gasteiger partial charge on any atom is 0.330 e. The molecule has 0 aromatic heterocycles. The second-order valence-electron chi connectivity index (χ2n) is 3.96. The molecule has 0 saturated heterocycles. The normalized spacial score (nSPS) is 8.15. The zero-order chi connectivity index (χ0) is 16.1. The van der Waals surface area contributed by atoms with Gasteiger partial charge >= 0.3 is 5.97 Å². The van der Waals surface area contributed by atoms with Crippen LogP contribution in [0.5, 0.6) is 0 Å². The molecule has 0 aliphatic carbocycles. The van der Waals surface area contributed by atoms with Crippen LogP contribution in [-0.2, 0) is 9.53 Å². The lowest BCUT2D eigenvalue weighted by Gasteiger charge is -1.94. The molecule has 0 heterocycles. The highest BCUT2D eigenvalue weighted by molar-refractivity contribution is 5.81. The van der Waals surface area contributed by atoms with Crippen molar-refractivity contribution in [3.8, 4) is 0 Å². The molecule has 0 unspecified atom stereocenters. The summed E-state index contributed by atoms with van der Waals surface area (Å²) in [7, 11) is 0. The third-order valence-corrected chi connectivity index (χ3v) is 2.03. The van der Waals surface area contributed by atoms with Crippen LogP contribution in [0, 0.1) is 0 Å². The second kappa shape index (κ2) is 26.3. The minimum atomic E-state index is -0.501. The summed E-state index contributed by atoms with van der Waals surface area (Å²) in [5, 5.41) is 8.10.